The van der Waals surface area contributed by atoms with Gasteiger partial charge in [0.1, 0.15) is 0 Å². The zero-order chi connectivity index (χ0) is 8.47. The molecule has 4 atom stereocenters. The van der Waals surface area contributed by atoms with Crippen molar-refractivity contribution in [3.63, 3.8) is 0 Å². The number of hydrogen-bond donors (Lipinski definition) is 0. The van der Waals surface area contributed by atoms with Crippen LogP contribution in [0.4, 0.5) is 0 Å². The molecule has 0 heterocycles. The Hall–Kier alpha value is -0.260. The van der Waals surface area contributed by atoms with Crippen molar-refractivity contribution >= 4 is 0 Å². The molecule has 0 aliphatic heterocycles. The van der Waals surface area contributed by atoms with Crippen LogP contribution in [0.25, 0.3) is 0 Å². The normalized spacial score (nSPS) is 61.5. The largest absolute Gasteiger partial charge is 0.0880 e. The maximum absolute atomic E-state index is 2.62. The molecule has 0 aromatic carbocycles. The van der Waals surface area contributed by atoms with Crippen LogP contribution in [0.5, 0.6) is 0 Å². The van der Waals surface area contributed by atoms with Crippen molar-refractivity contribution in [1.82, 2.24) is 0 Å². The molecule has 3 saturated carbocycles. The van der Waals surface area contributed by atoms with Crippen LogP contribution in [0.2, 0.25) is 0 Å². The topological polar surface area (TPSA) is 0 Å². The lowest BCUT2D eigenvalue weighted by Crippen LogP contribution is -2.12. The van der Waals surface area contributed by atoms with E-state index in [2.05, 4.69) is 12.2 Å². The van der Waals surface area contributed by atoms with Crippen LogP contribution in [0.15, 0.2) is 12.2 Å². The van der Waals surface area contributed by atoms with Crippen molar-refractivity contribution < 1.29 is 0 Å². The molecule has 4 aliphatic rings. The molecule has 0 aromatic heterocycles. The van der Waals surface area contributed by atoms with Crippen molar-refractivity contribution in [2.45, 2.75) is 38.5 Å². The van der Waals surface area contributed by atoms with Crippen molar-refractivity contribution in [2.24, 2.45) is 29.1 Å². The summed E-state index contributed by atoms with van der Waals surface area (Å²) < 4.78 is 0. The summed E-state index contributed by atoms with van der Waals surface area (Å²) in [5.74, 6) is 4.61. The van der Waals surface area contributed by atoms with Crippen LogP contribution < -0.4 is 0 Å². The highest BCUT2D eigenvalue weighted by atomic mass is 14.8. The van der Waals surface area contributed by atoms with Crippen molar-refractivity contribution in [3.05, 3.63) is 12.2 Å². The Labute approximate surface area is 80.4 Å². The van der Waals surface area contributed by atoms with E-state index in [4.69, 9.17) is 0 Å². The minimum Gasteiger partial charge on any atom is -0.0880 e. The van der Waals surface area contributed by atoms with Gasteiger partial charge in [0.25, 0.3) is 0 Å². The number of rotatable bonds is 0. The molecule has 0 saturated heterocycles. The van der Waals surface area contributed by atoms with Crippen LogP contribution in [0, 0.1) is 29.1 Å². The van der Waals surface area contributed by atoms with E-state index in [1.54, 1.807) is 19.3 Å². The van der Waals surface area contributed by atoms with Crippen LogP contribution in [-0.2, 0) is 0 Å². The Kier molecular flexibility index (Phi) is 1.11. The first kappa shape index (κ1) is 7.09. The minimum absolute atomic E-state index is 0.766. The van der Waals surface area contributed by atoms with Crippen molar-refractivity contribution in [1.29, 1.82) is 0 Å². The molecule has 70 valence electrons. The third kappa shape index (κ3) is 0.671. The second kappa shape index (κ2) is 2.04. The van der Waals surface area contributed by atoms with Gasteiger partial charge in [0.05, 0.1) is 0 Å². The van der Waals surface area contributed by atoms with Gasteiger partial charge < -0.3 is 0 Å². The van der Waals surface area contributed by atoms with Gasteiger partial charge in [-0.25, -0.2) is 0 Å². The zero-order valence-electron chi connectivity index (χ0n) is 8.21. The molecular formula is C13H18. The van der Waals surface area contributed by atoms with Crippen molar-refractivity contribution in [2.75, 3.05) is 0 Å². The van der Waals surface area contributed by atoms with Crippen LogP contribution >= 0.6 is 0 Å². The molecule has 1 spiro atoms. The summed E-state index contributed by atoms with van der Waals surface area (Å²) in [6.07, 6.45) is 14.2. The van der Waals surface area contributed by atoms with Gasteiger partial charge >= 0.3 is 0 Å². The number of fused-ring (bicyclic) bond motifs is 7. The fraction of sp³-hybridized carbons (Fsp3) is 0.846. The Morgan fingerprint density at radius 3 is 2.46 bits per heavy atom. The fourth-order valence-electron chi connectivity index (χ4n) is 5.16. The van der Waals surface area contributed by atoms with E-state index in [-0.39, 0.29) is 0 Å². The maximum Gasteiger partial charge on any atom is -0.00502 e. The minimum atomic E-state index is 0.766. The van der Waals surface area contributed by atoms with Crippen molar-refractivity contribution in [3.8, 4) is 0 Å². The van der Waals surface area contributed by atoms with E-state index in [0.717, 1.165) is 29.1 Å². The maximum atomic E-state index is 2.62. The highest BCUT2D eigenvalue weighted by Crippen LogP contribution is 2.78. The first-order valence-corrected chi connectivity index (χ1v) is 6.09. The fourth-order valence-corrected chi connectivity index (χ4v) is 5.16. The molecule has 0 heteroatoms. The quantitative estimate of drug-likeness (QED) is 0.494. The molecule has 13 heavy (non-hydrogen) atoms. The summed E-state index contributed by atoms with van der Waals surface area (Å²) in [5, 5.41) is 0. The predicted molar refractivity (Wildman–Crippen MR) is 53.2 cm³/mol. The zero-order valence-corrected chi connectivity index (χ0v) is 8.21. The van der Waals surface area contributed by atoms with Gasteiger partial charge in [0.15, 0.2) is 0 Å². The molecule has 4 aliphatic carbocycles. The van der Waals surface area contributed by atoms with Gasteiger partial charge in [0.2, 0.25) is 0 Å². The van der Waals surface area contributed by atoms with Gasteiger partial charge in [-0.05, 0) is 67.6 Å². The Bertz CT molecular complexity index is 260. The number of hydrogen-bond acceptors (Lipinski definition) is 0. The molecule has 0 nitrogen and oxygen atoms in total. The van der Waals surface area contributed by atoms with Gasteiger partial charge in [-0.15, -0.1) is 0 Å². The molecule has 2 bridgehead atoms. The second-order valence-corrected chi connectivity index (χ2v) is 5.79. The van der Waals surface area contributed by atoms with Gasteiger partial charge in [-0.2, -0.15) is 0 Å². The Morgan fingerprint density at radius 1 is 1.08 bits per heavy atom. The molecule has 0 radical (unpaired) electrons. The lowest BCUT2D eigenvalue weighted by atomic mass is 9.82. The standard InChI is InChI=1S/C13H18/c1-2-6-13(7-3-1)11-9-4-5-10(8-9)12(11)13/h2,6,9-12H,1,3-5,7-8H2. The molecule has 0 N–H and O–H groups in total. The number of allylic oxidation sites excluding steroid dienone is 2. The van der Waals surface area contributed by atoms with E-state index in [1.165, 1.54) is 19.3 Å². The summed E-state index contributed by atoms with van der Waals surface area (Å²) in [6, 6.07) is 0. The molecule has 3 fully saturated rings. The van der Waals surface area contributed by atoms with E-state index >= 15 is 0 Å². The third-order valence-corrected chi connectivity index (χ3v) is 5.46. The third-order valence-electron chi connectivity index (χ3n) is 5.46. The van der Waals surface area contributed by atoms with E-state index in [9.17, 15) is 0 Å². The monoisotopic (exact) mass is 174 g/mol. The first-order chi connectivity index (χ1) is 6.42. The summed E-state index contributed by atoms with van der Waals surface area (Å²) in [6.45, 7) is 0. The molecular weight excluding hydrogens is 156 g/mol. The molecule has 0 aromatic rings. The molecule has 4 rings (SSSR count). The lowest BCUT2D eigenvalue weighted by molar-refractivity contribution is 0.351. The molecule has 4 unspecified atom stereocenters. The summed E-state index contributed by atoms with van der Waals surface area (Å²) in [5.41, 5.74) is 0.766. The van der Waals surface area contributed by atoms with Gasteiger partial charge in [0, 0.05) is 0 Å². The molecule has 0 amide bonds. The van der Waals surface area contributed by atoms with Crippen LogP contribution in [0.1, 0.15) is 38.5 Å². The van der Waals surface area contributed by atoms with Gasteiger partial charge in [-0.1, -0.05) is 12.2 Å². The second-order valence-electron chi connectivity index (χ2n) is 5.79. The van der Waals surface area contributed by atoms with E-state index in [0.29, 0.717) is 0 Å². The van der Waals surface area contributed by atoms with E-state index in [1.807, 2.05) is 0 Å². The predicted octanol–water partition coefficient (Wildman–Crippen LogP) is 3.39. The summed E-state index contributed by atoms with van der Waals surface area (Å²) in [4.78, 5) is 0. The highest BCUT2D eigenvalue weighted by Gasteiger charge is 2.72. The average molecular weight is 174 g/mol. The Morgan fingerprint density at radius 2 is 1.85 bits per heavy atom. The lowest BCUT2D eigenvalue weighted by Gasteiger charge is -2.22. The summed E-state index contributed by atoms with van der Waals surface area (Å²) in [7, 11) is 0. The van der Waals surface area contributed by atoms with Gasteiger partial charge in [-0.3, -0.25) is 0 Å². The average Bonchev–Trinajstić information content (AvgIpc) is 2.58. The van der Waals surface area contributed by atoms with Crippen LogP contribution in [0.3, 0.4) is 0 Å². The first-order valence-electron chi connectivity index (χ1n) is 6.09. The SMILES string of the molecule is C1=CC2(CCC1)C1C3CCC(C3)C12. The summed E-state index contributed by atoms with van der Waals surface area (Å²) >= 11 is 0. The highest BCUT2D eigenvalue weighted by molar-refractivity contribution is 5.29. The van der Waals surface area contributed by atoms with Crippen LogP contribution in [-0.4, -0.2) is 0 Å². The van der Waals surface area contributed by atoms with E-state index < -0.39 is 0 Å². The smallest absolute Gasteiger partial charge is 0.00502 e. The Balaban J connectivity index is 1.72.